The van der Waals surface area contributed by atoms with Crippen LogP contribution in [0.15, 0.2) is 60.7 Å². The van der Waals surface area contributed by atoms with Gasteiger partial charge in [-0.15, -0.1) is 0 Å². The number of amides is 2. The molecule has 1 aliphatic rings. The van der Waals surface area contributed by atoms with Gasteiger partial charge in [-0.25, -0.2) is 0 Å². The molecule has 0 spiro atoms. The van der Waals surface area contributed by atoms with Crippen LogP contribution >= 0.6 is 0 Å². The molecule has 0 aliphatic heterocycles. The smallest absolute Gasteiger partial charge is 0.239 e. The molecule has 1 atom stereocenters. The summed E-state index contributed by atoms with van der Waals surface area (Å²) in [6.45, 7) is 0. The number of likely N-dealkylation sites (N-methyl/N-ethyl adjacent to an activating group) is 1. The summed E-state index contributed by atoms with van der Waals surface area (Å²) in [5, 5.41) is 0. The van der Waals surface area contributed by atoms with Gasteiger partial charge >= 0.3 is 0 Å². The Morgan fingerprint density at radius 2 is 1.59 bits per heavy atom. The summed E-state index contributed by atoms with van der Waals surface area (Å²) in [4.78, 5) is 28.2. The highest BCUT2D eigenvalue weighted by atomic mass is 16.2. The third-order valence-corrected chi connectivity index (χ3v) is 6.55. The van der Waals surface area contributed by atoms with Crippen molar-refractivity contribution in [1.29, 1.82) is 0 Å². The molecule has 32 heavy (non-hydrogen) atoms. The summed E-state index contributed by atoms with van der Waals surface area (Å²) in [5.74, 6) is 0.328. The van der Waals surface area contributed by atoms with Gasteiger partial charge in [0, 0.05) is 19.5 Å². The van der Waals surface area contributed by atoms with Crippen molar-refractivity contribution in [2.24, 2.45) is 5.73 Å². The van der Waals surface area contributed by atoms with Crippen LogP contribution < -0.4 is 5.73 Å². The highest BCUT2D eigenvalue weighted by Gasteiger charge is 2.27. The lowest BCUT2D eigenvalue weighted by Gasteiger charge is -2.35. The second kappa shape index (κ2) is 11.1. The van der Waals surface area contributed by atoms with Crippen molar-refractivity contribution in [3.05, 3.63) is 77.4 Å². The van der Waals surface area contributed by atoms with Crippen molar-refractivity contribution in [3.63, 3.8) is 0 Å². The first-order valence-corrected chi connectivity index (χ1v) is 11.4. The number of rotatable bonds is 8. The van der Waals surface area contributed by atoms with E-state index in [9.17, 15) is 9.59 Å². The Bertz CT molecular complexity index is 914. The zero-order chi connectivity index (χ0) is 23.1. The molecular formula is C27H35N3O2. The molecule has 5 nitrogen and oxygen atoms in total. The fourth-order valence-electron chi connectivity index (χ4n) is 4.67. The van der Waals surface area contributed by atoms with E-state index in [0.717, 1.165) is 36.8 Å². The molecule has 3 rings (SSSR count). The van der Waals surface area contributed by atoms with Gasteiger partial charge in [-0.1, -0.05) is 66.7 Å². The lowest BCUT2D eigenvalue weighted by atomic mass is 9.81. The van der Waals surface area contributed by atoms with E-state index in [1.165, 1.54) is 5.56 Å². The minimum Gasteiger partial charge on any atom is -0.368 e. The highest BCUT2D eigenvalue weighted by Crippen LogP contribution is 2.35. The van der Waals surface area contributed by atoms with Crippen molar-refractivity contribution in [2.45, 2.75) is 50.1 Å². The van der Waals surface area contributed by atoms with Crippen molar-refractivity contribution < 1.29 is 9.59 Å². The Labute approximate surface area is 191 Å². The van der Waals surface area contributed by atoms with Crippen LogP contribution in [0.1, 0.15) is 60.8 Å². The number of primary amides is 1. The fourth-order valence-corrected chi connectivity index (χ4v) is 4.67. The number of carbonyl (C=O) groups is 2. The number of benzene rings is 2. The van der Waals surface area contributed by atoms with Crippen LogP contribution in [-0.4, -0.2) is 48.8 Å². The van der Waals surface area contributed by atoms with Crippen LogP contribution in [-0.2, 0) is 9.59 Å². The van der Waals surface area contributed by atoms with Gasteiger partial charge in [0.1, 0.15) is 6.04 Å². The summed E-state index contributed by atoms with van der Waals surface area (Å²) in [7, 11) is 5.66. The van der Waals surface area contributed by atoms with E-state index < -0.39 is 6.04 Å². The average molecular weight is 434 g/mol. The molecule has 0 saturated heterocycles. The van der Waals surface area contributed by atoms with Crippen molar-refractivity contribution in [2.75, 3.05) is 21.1 Å². The van der Waals surface area contributed by atoms with E-state index in [1.54, 1.807) is 0 Å². The van der Waals surface area contributed by atoms with E-state index in [4.69, 9.17) is 5.73 Å². The second-order valence-electron chi connectivity index (χ2n) is 8.96. The first-order valence-electron chi connectivity index (χ1n) is 11.4. The van der Waals surface area contributed by atoms with E-state index in [2.05, 4.69) is 12.1 Å². The van der Waals surface area contributed by atoms with Gasteiger partial charge in [-0.2, -0.15) is 0 Å². The zero-order valence-electron chi connectivity index (χ0n) is 19.4. The molecule has 170 valence electrons. The van der Waals surface area contributed by atoms with Gasteiger partial charge < -0.3 is 10.6 Å². The molecule has 1 unspecified atom stereocenters. The van der Waals surface area contributed by atoms with E-state index in [-0.39, 0.29) is 11.8 Å². The third-order valence-electron chi connectivity index (χ3n) is 6.55. The number of nitrogens with two attached hydrogens (primary N) is 1. The predicted octanol–water partition coefficient (Wildman–Crippen LogP) is 4.36. The van der Waals surface area contributed by atoms with E-state index in [0.29, 0.717) is 18.4 Å². The summed E-state index contributed by atoms with van der Waals surface area (Å²) >= 11 is 0. The first kappa shape index (κ1) is 23.7. The minimum atomic E-state index is -0.407. The van der Waals surface area contributed by atoms with Crippen molar-refractivity contribution in [3.8, 4) is 0 Å². The molecule has 1 saturated carbocycles. The highest BCUT2D eigenvalue weighted by molar-refractivity contribution is 5.81. The Hall–Kier alpha value is -2.92. The second-order valence-corrected chi connectivity index (χ2v) is 8.96. The number of nitrogens with zero attached hydrogens (tertiary/aromatic N) is 2. The van der Waals surface area contributed by atoms with Gasteiger partial charge in [-0.3, -0.25) is 14.5 Å². The Balaban J connectivity index is 1.51. The van der Waals surface area contributed by atoms with E-state index in [1.807, 2.05) is 85.6 Å². The lowest BCUT2D eigenvalue weighted by Crippen LogP contribution is -2.39. The normalized spacial score (nSPS) is 19.8. The maximum atomic E-state index is 12.6. The van der Waals surface area contributed by atoms with Gasteiger partial charge in [0.05, 0.1) is 0 Å². The quantitative estimate of drug-likeness (QED) is 0.672. The summed E-state index contributed by atoms with van der Waals surface area (Å²) < 4.78 is 0. The molecule has 2 N–H and O–H groups in total. The molecule has 1 aliphatic carbocycles. The number of carbonyl (C=O) groups excluding carboxylic acids is 2. The number of hydrogen-bond acceptors (Lipinski definition) is 3. The molecule has 2 amide bonds. The van der Waals surface area contributed by atoms with Crippen molar-refractivity contribution in [1.82, 2.24) is 9.80 Å². The molecule has 0 radical (unpaired) electrons. The zero-order valence-corrected chi connectivity index (χ0v) is 19.4. The van der Waals surface area contributed by atoms with Crippen LogP contribution in [0.4, 0.5) is 0 Å². The lowest BCUT2D eigenvalue weighted by molar-refractivity contribution is -0.131. The van der Waals surface area contributed by atoms with Gasteiger partial charge in [0.25, 0.3) is 0 Å². The topological polar surface area (TPSA) is 66.6 Å². The monoisotopic (exact) mass is 433 g/mol. The molecule has 1 fully saturated rings. The van der Waals surface area contributed by atoms with E-state index >= 15 is 0 Å². The SMILES string of the molecule is CN(C)C(C(N)=O)c1ccc([C@H]2CC[C@H](N(C)C(=O)CC=Cc3ccccc3)CC2)cc1. The first-order chi connectivity index (χ1) is 15.4. The van der Waals surface area contributed by atoms with Crippen LogP contribution in [0.2, 0.25) is 0 Å². The van der Waals surface area contributed by atoms with Crippen LogP contribution in [0.5, 0.6) is 0 Å². The Morgan fingerprint density at radius 1 is 0.969 bits per heavy atom. The predicted molar refractivity (Wildman–Crippen MR) is 130 cm³/mol. The molecule has 2 aromatic carbocycles. The summed E-state index contributed by atoms with van der Waals surface area (Å²) in [5.41, 5.74) is 8.90. The molecular weight excluding hydrogens is 398 g/mol. The molecule has 0 bridgehead atoms. The molecule has 0 aromatic heterocycles. The molecule has 5 heteroatoms. The van der Waals surface area contributed by atoms with Crippen LogP contribution in [0.3, 0.4) is 0 Å². The molecule has 2 aromatic rings. The maximum Gasteiger partial charge on any atom is 0.239 e. The average Bonchev–Trinajstić information content (AvgIpc) is 2.79. The van der Waals surface area contributed by atoms with Crippen molar-refractivity contribution >= 4 is 17.9 Å². The summed E-state index contributed by atoms with van der Waals surface area (Å²) in [6, 6.07) is 18.2. The van der Waals surface area contributed by atoms with Gasteiger partial charge in [0.15, 0.2) is 0 Å². The van der Waals surface area contributed by atoms with Crippen LogP contribution in [0.25, 0.3) is 6.08 Å². The third kappa shape index (κ3) is 6.07. The summed E-state index contributed by atoms with van der Waals surface area (Å²) in [6.07, 6.45) is 8.54. The minimum absolute atomic E-state index is 0.172. The Morgan fingerprint density at radius 3 is 2.16 bits per heavy atom. The number of hydrogen-bond donors (Lipinski definition) is 1. The largest absolute Gasteiger partial charge is 0.368 e. The molecule has 0 heterocycles. The van der Waals surface area contributed by atoms with Gasteiger partial charge in [0.2, 0.25) is 11.8 Å². The van der Waals surface area contributed by atoms with Crippen LogP contribution in [0, 0.1) is 0 Å². The maximum absolute atomic E-state index is 12.6. The fraction of sp³-hybridized carbons (Fsp3) is 0.407. The van der Waals surface area contributed by atoms with Gasteiger partial charge in [-0.05, 0) is 62.4 Å². The standard InChI is InChI=1S/C27H35N3O2/c1-29(2)26(27(28)32)23-14-12-21(13-15-23)22-16-18-24(19-17-22)30(3)25(31)11-7-10-20-8-5-4-6-9-20/h4-10,12-15,22,24,26H,11,16-19H2,1-3H3,(H2,28,32)/t22-,24-,26?. The Kier molecular flexibility index (Phi) is 8.23.